The van der Waals surface area contributed by atoms with Crippen LogP contribution in [0, 0.1) is 6.92 Å². The number of nitrogens with zero attached hydrogens (tertiary/aromatic N) is 1. The van der Waals surface area contributed by atoms with Crippen molar-refractivity contribution in [2.75, 3.05) is 19.8 Å². The molecule has 5 nitrogen and oxygen atoms in total. The number of alkyl halides is 3. The third-order valence-electron chi connectivity index (χ3n) is 4.48. The van der Waals surface area contributed by atoms with Crippen molar-refractivity contribution in [1.29, 1.82) is 0 Å². The quantitative estimate of drug-likeness (QED) is 0.756. The second-order valence-corrected chi connectivity index (χ2v) is 7.80. The van der Waals surface area contributed by atoms with Gasteiger partial charge in [0, 0.05) is 28.9 Å². The number of aliphatic carboxylic acids is 1. The molecule has 1 saturated carbocycles. The van der Waals surface area contributed by atoms with Crippen LogP contribution in [0.25, 0.3) is 0 Å². The number of hydrogen-bond donors (Lipinski definition) is 1. The third-order valence-corrected chi connectivity index (χ3v) is 5.46. The van der Waals surface area contributed by atoms with E-state index in [0.29, 0.717) is 12.6 Å². The molecule has 27 heavy (non-hydrogen) atoms. The Morgan fingerprint density at radius 3 is 2.74 bits per heavy atom. The van der Waals surface area contributed by atoms with Crippen molar-refractivity contribution in [1.82, 2.24) is 4.90 Å². The first-order chi connectivity index (χ1) is 12.7. The molecule has 9 heteroatoms. The number of halogens is 3. The maximum absolute atomic E-state index is 10.6. The molecule has 2 aliphatic rings. The summed E-state index contributed by atoms with van der Waals surface area (Å²) in [5.41, 5.74) is 0. The lowest BCUT2D eigenvalue weighted by molar-refractivity contribution is -0.192. The van der Waals surface area contributed by atoms with Gasteiger partial charge in [-0.15, -0.1) is 17.9 Å². The highest BCUT2D eigenvalue weighted by Gasteiger charge is 2.43. The van der Waals surface area contributed by atoms with Gasteiger partial charge in [-0.2, -0.15) is 13.2 Å². The Kier molecular flexibility index (Phi) is 7.84. The highest BCUT2D eigenvalue weighted by atomic mass is 32.1. The summed E-state index contributed by atoms with van der Waals surface area (Å²) in [6.45, 7) is 9.43. The van der Waals surface area contributed by atoms with E-state index in [2.05, 4.69) is 30.5 Å². The molecule has 1 N–H and O–H groups in total. The molecule has 152 valence electrons. The summed E-state index contributed by atoms with van der Waals surface area (Å²) in [5, 5.41) is 7.12. The summed E-state index contributed by atoms with van der Waals surface area (Å²) >= 11 is 1.90. The van der Waals surface area contributed by atoms with Crippen molar-refractivity contribution < 1.29 is 32.5 Å². The maximum atomic E-state index is 10.6. The van der Waals surface area contributed by atoms with E-state index in [1.165, 1.54) is 16.2 Å². The van der Waals surface area contributed by atoms with Gasteiger partial charge in [-0.25, -0.2) is 4.79 Å². The number of rotatable bonds is 5. The standard InChI is InChI=1S/C16H23NO2S.C2HF3O2/c1-3-9-18-15-7-6-14-16(15)19-10-8-17(14)11-13-5-4-12(2)20-13;3-2(4,5)1(6)7/h3-5,14-16H,1,6-11H2,2H3;(H,6,7)/t14-,15-,16-;/m0./s1. The van der Waals surface area contributed by atoms with E-state index in [0.717, 1.165) is 26.1 Å². The number of carbonyl (C=O) groups is 1. The smallest absolute Gasteiger partial charge is 0.475 e. The minimum absolute atomic E-state index is 0.241. The van der Waals surface area contributed by atoms with Crippen molar-refractivity contribution in [2.24, 2.45) is 0 Å². The van der Waals surface area contributed by atoms with Gasteiger partial charge in [0.25, 0.3) is 0 Å². The van der Waals surface area contributed by atoms with Crippen LogP contribution in [0.4, 0.5) is 13.2 Å². The molecule has 0 bridgehead atoms. The number of hydrogen-bond acceptors (Lipinski definition) is 5. The SMILES string of the molecule is C=CCO[C@H]1CC[C@H]2[C@@H]1OCCN2Cc1ccc(C)s1.O=C(O)C(F)(F)F. The second-order valence-electron chi connectivity index (χ2n) is 6.43. The predicted octanol–water partition coefficient (Wildman–Crippen LogP) is 3.62. The zero-order valence-corrected chi connectivity index (χ0v) is 15.9. The summed E-state index contributed by atoms with van der Waals surface area (Å²) in [6, 6.07) is 4.98. The summed E-state index contributed by atoms with van der Waals surface area (Å²) in [5.74, 6) is -2.76. The number of thiophene rings is 1. The molecule has 1 saturated heterocycles. The third kappa shape index (κ3) is 6.31. The average Bonchev–Trinajstić information content (AvgIpc) is 3.19. The molecular weight excluding hydrogens is 383 g/mol. The Hall–Kier alpha value is -1.42. The van der Waals surface area contributed by atoms with E-state index in [1.807, 2.05) is 17.4 Å². The molecule has 2 heterocycles. The van der Waals surface area contributed by atoms with Gasteiger partial charge in [0.2, 0.25) is 0 Å². The lowest BCUT2D eigenvalue weighted by Gasteiger charge is -2.38. The average molecular weight is 407 g/mol. The number of carboxylic acids is 1. The van der Waals surface area contributed by atoms with Gasteiger partial charge in [0.05, 0.1) is 25.4 Å². The van der Waals surface area contributed by atoms with E-state index in [9.17, 15) is 13.2 Å². The van der Waals surface area contributed by atoms with Crippen molar-refractivity contribution in [3.05, 3.63) is 34.5 Å². The van der Waals surface area contributed by atoms with Crippen LogP contribution < -0.4 is 0 Å². The molecule has 0 spiro atoms. The van der Waals surface area contributed by atoms with E-state index in [1.54, 1.807) is 0 Å². The van der Waals surface area contributed by atoms with Crippen LogP contribution in [-0.2, 0) is 20.8 Å². The van der Waals surface area contributed by atoms with Crippen LogP contribution in [0.1, 0.15) is 22.6 Å². The fourth-order valence-corrected chi connectivity index (χ4v) is 4.24. The Bertz CT molecular complexity index is 634. The molecule has 2 fully saturated rings. The van der Waals surface area contributed by atoms with Crippen LogP contribution in [0.5, 0.6) is 0 Å². The maximum Gasteiger partial charge on any atom is 0.490 e. The lowest BCUT2D eigenvalue weighted by atomic mass is 10.1. The van der Waals surface area contributed by atoms with E-state index < -0.39 is 12.1 Å². The van der Waals surface area contributed by atoms with Gasteiger partial charge >= 0.3 is 12.1 Å². The fraction of sp³-hybridized carbons (Fsp3) is 0.611. The van der Waals surface area contributed by atoms with Crippen LogP contribution in [0.3, 0.4) is 0 Å². The molecule has 0 radical (unpaired) electrons. The first-order valence-corrected chi connectivity index (χ1v) is 9.47. The Morgan fingerprint density at radius 1 is 1.48 bits per heavy atom. The number of carboxylic acid groups (broad SMARTS) is 1. The van der Waals surface area contributed by atoms with Crippen LogP contribution >= 0.6 is 11.3 Å². The van der Waals surface area contributed by atoms with E-state index in [4.69, 9.17) is 19.4 Å². The molecule has 1 aliphatic heterocycles. The normalized spacial score (nSPS) is 25.4. The molecule has 1 aliphatic carbocycles. The highest BCUT2D eigenvalue weighted by molar-refractivity contribution is 7.11. The second kappa shape index (κ2) is 9.68. The van der Waals surface area contributed by atoms with E-state index in [-0.39, 0.29) is 12.2 Å². The van der Waals surface area contributed by atoms with Gasteiger partial charge < -0.3 is 14.6 Å². The zero-order chi connectivity index (χ0) is 20.0. The first kappa shape index (κ1) is 21.9. The number of aryl methyl sites for hydroxylation is 1. The van der Waals surface area contributed by atoms with Crippen molar-refractivity contribution in [3.8, 4) is 0 Å². The van der Waals surface area contributed by atoms with Gasteiger partial charge in [0.15, 0.2) is 0 Å². The van der Waals surface area contributed by atoms with Crippen molar-refractivity contribution >= 4 is 17.3 Å². The molecule has 0 unspecified atom stereocenters. The first-order valence-electron chi connectivity index (χ1n) is 8.66. The molecule has 0 amide bonds. The highest BCUT2D eigenvalue weighted by Crippen LogP contribution is 2.33. The minimum atomic E-state index is -5.08. The van der Waals surface area contributed by atoms with Crippen molar-refractivity contribution in [3.63, 3.8) is 0 Å². The zero-order valence-electron chi connectivity index (χ0n) is 15.1. The van der Waals surface area contributed by atoms with Gasteiger partial charge in [0.1, 0.15) is 0 Å². The molecule has 3 atom stereocenters. The van der Waals surface area contributed by atoms with Crippen LogP contribution in [0.15, 0.2) is 24.8 Å². The Balaban J connectivity index is 0.000000321. The summed E-state index contributed by atoms with van der Waals surface area (Å²) < 4.78 is 43.6. The Morgan fingerprint density at radius 2 is 2.19 bits per heavy atom. The molecule has 3 rings (SSSR count). The molecule has 1 aromatic heterocycles. The van der Waals surface area contributed by atoms with Gasteiger partial charge in [-0.05, 0) is 31.9 Å². The van der Waals surface area contributed by atoms with Crippen LogP contribution in [0.2, 0.25) is 0 Å². The largest absolute Gasteiger partial charge is 0.490 e. The lowest BCUT2D eigenvalue weighted by Crippen LogP contribution is -2.51. The molecule has 0 aromatic carbocycles. The number of ether oxygens (including phenoxy) is 2. The fourth-order valence-electron chi connectivity index (χ4n) is 3.33. The van der Waals surface area contributed by atoms with Gasteiger partial charge in [-0.3, -0.25) is 4.90 Å². The monoisotopic (exact) mass is 407 g/mol. The molecule has 1 aromatic rings. The summed E-state index contributed by atoms with van der Waals surface area (Å²) in [7, 11) is 0. The van der Waals surface area contributed by atoms with Crippen molar-refractivity contribution in [2.45, 2.75) is 50.7 Å². The Labute approximate surface area is 160 Å². The molecular formula is C18H24F3NO4S. The van der Waals surface area contributed by atoms with Gasteiger partial charge in [-0.1, -0.05) is 6.08 Å². The summed E-state index contributed by atoms with van der Waals surface area (Å²) in [4.78, 5) is 14.3. The predicted molar refractivity (Wildman–Crippen MR) is 95.9 cm³/mol. The van der Waals surface area contributed by atoms with Crippen LogP contribution in [-0.4, -0.2) is 60.2 Å². The number of fused-ring (bicyclic) bond motifs is 1. The topological polar surface area (TPSA) is 59.0 Å². The minimum Gasteiger partial charge on any atom is -0.475 e. The van der Waals surface area contributed by atoms with E-state index >= 15 is 0 Å². The summed E-state index contributed by atoms with van der Waals surface area (Å²) in [6.07, 6.45) is -0.502. The number of morpholine rings is 1.